The molecule has 0 aromatic heterocycles. The van der Waals surface area contributed by atoms with Crippen molar-refractivity contribution >= 4 is 0 Å². The summed E-state index contributed by atoms with van der Waals surface area (Å²) in [7, 11) is 0. The zero-order valence-corrected chi connectivity index (χ0v) is 10.7. The Balaban J connectivity index is 2.28. The minimum absolute atomic E-state index is 0.368. The summed E-state index contributed by atoms with van der Waals surface area (Å²) in [6.07, 6.45) is 0.547. The molecule has 1 atom stereocenters. The largest absolute Gasteiger partial charge is 0.271 e. The van der Waals surface area contributed by atoms with Gasteiger partial charge in [-0.15, -0.1) is 0 Å². The van der Waals surface area contributed by atoms with E-state index in [1.165, 1.54) is 12.1 Å². The molecule has 100 valence electrons. The van der Waals surface area contributed by atoms with Crippen LogP contribution in [0.1, 0.15) is 22.7 Å². The van der Waals surface area contributed by atoms with Crippen LogP contribution < -0.4 is 11.3 Å². The van der Waals surface area contributed by atoms with E-state index >= 15 is 0 Å². The number of hydrogen-bond acceptors (Lipinski definition) is 2. The van der Waals surface area contributed by atoms with Gasteiger partial charge in [-0.05, 0) is 30.5 Å². The van der Waals surface area contributed by atoms with Gasteiger partial charge in [0.2, 0.25) is 0 Å². The average molecular weight is 262 g/mol. The summed E-state index contributed by atoms with van der Waals surface area (Å²) < 4.78 is 26.7. The zero-order valence-electron chi connectivity index (χ0n) is 10.7. The number of nitrogens with two attached hydrogens (primary N) is 1. The van der Waals surface area contributed by atoms with Gasteiger partial charge >= 0.3 is 0 Å². The van der Waals surface area contributed by atoms with Crippen molar-refractivity contribution in [3.8, 4) is 0 Å². The lowest BCUT2D eigenvalue weighted by Crippen LogP contribution is -2.30. The Hall–Kier alpha value is -1.78. The van der Waals surface area contributed by atoms with Gasteiger partial charge in [-0.2, -0.15) is 0 Å². The van der Waals surface area contributed by atoms with Crippen LogP contribution in [0.15, 0.2) is 42.5 Å². The number of aryl methyl sites for hydroxylation is 1. The fourth-order valence-corrected chi connectivity index (χ4v) is 2.10. The van der Waals surface area contributed by atoms with Crippen LogP contribution in [-0.2, 0) is 6.42 Å². The highest BCUT2D eigenvalue weighted by atomic mass is 19.1. The van der Waals surface area contributed by atoms with E-state index in [0.29, 0.717) is 12.0 Å². The molecule has 2 aromatic rings. The molecule has 0 bridgehead atoms. The first-order valence-corrected chi connectivity index (χ1v) is 6.07. The molecule has 0 saturated carbocycles. The minimum atomic E-state index is -0.590. The Morgan fingerprint density at radius 2 is 1.89 bits per heavy atom. The Kier molecular flexibility index (Phi) is 4.24. The first-order chi connectivity index (χ1) is 9.11. The molecular formula is C15H16F2N2. The average Bonchev–Trinajstić information content (AvgIpc) is 2.39. The van der Waals surface area contributed by atoms with Gasteiger partial charge in [0.1, 0.15) is 11.6 Å². The lowest BCUT2D eigenvalue weighted by atomic mass is 9.96. The third-order valence-electron chi connectivity index (χ3n) is 3.22. The molecule has 0 aliphatic carbocycles. The summed E-state index contributed by atoms with van der Waals surface area (Å²) >= 11 is 0. The zero-order chi connectivity index (χ0) is 13.8. The molecule has 3 N–H and O–H groups in total. The maximum absolute atomic E-state index is 13.8. The molecule has 0 spiro atoms. The van der Waals surface area contributed by atoms with E-state index in [1.54, 1.807) is 0 Å². The second kappa shape index (κ2) is 5.91. The van der Waals surface area contributed by atoms with Gasteiger partial charge in [-0.3, -0.25) is 11.3 Å². The van der Waals surface area contributed by atoms with Gasteiger partial charge in [-0.25, -0.2) is 8.78 Å². The molecule has 0 saturated heterocycles. The lowest BCUT2D eigenvalue weighted by Gasteiger charge is -2.18. The number of nitrogens with one attached hydrogen (secondary N) is 1. The SMILES string of the molecule is Cc1ccccc1CC(NN)c1ccc(F)cc1F. The molecule has 19 heavy (non-hydrogen) atoms. The Bertz CT molecular complexity index is 570. The minimum Gasteiger partial charge on any atom is -0.271 e. The number of hydrazine groups is 1. The highest BCUT2D eigenvalue weighted by Gasteiger charge is 2.16. The molecule has 0 aliphatic rings. The Morgan fingerprint density at radius 3 is 2.53 bits per heavy atom. The quantitative estimate of drug-likeness (QED) is 0.656. The standard InChI is InChI=1S/C15H16F2N2/c1-10-4-2-3-5-11(10)8-15(19-18)13-7-6-12(16)9-14(13)17/h2-7,9,15,19H,8,18H2,1H3. The van der Waals surface area contributed by atoms with Gasteiger partial charge in [0.05, 0.1) is 6.04 Å². The van der Waals surface area contributed by atoms with E-state index in [2.05, 4.69) is 5.43 Å². The first kappa shape index (κ1) is 13.6. The van der Waals surface area contributed by atoms with Crippen LogP contribution in [0.5, 0.6) is 0 Å². The number of rotatable bonds is 4. The summed E-state index contributed by atoms with van der Waals surface area (Å²) in [4.78, 5) is 0. The van der Waals surface area contributed by atoms with Crippen molar-refractivity contribution in [3.63, 3.8) is 0 Å². The van der Waals surface area contributed by atoms with E-state index in [9.17, 15) is 8.78 Å². The molecule has 0 fully saturated rings. The molecule has 0 aliphatic heterocycles. The molecule has 2 nitrogen and oxygen atoms in total. The second-order valence-corrected chi connectivity index (χ2v) is 4.52. The normalized spacial score (nSPS) is 12.4. The van der Waals surface area contributed by atoms with Crippen LogP contribution in [0.25, 0.3) is 0 Å². The Morgan fingerprint density at radius 1 is 1.16 bits per heavy atom. The molecule has 2 aromatic carbocycles. The number of halogens is 2. The highest BCUT2D eigenvalue weighted by molar-refractivity contribution is 5.30. The second-order valence-electron chi connectivity index (χ2n) is 4.52. The van der Waals surface area contributed by atoms with Gasteiger partial charge in [0.25, 0.3) is 0 Å². The van der Waals surface area contributed by atoms with Crippen LogP contribution in [0.4, 0.5) is 8.78 Å². The fraction of sp³-hybridized carbons (Fsp3) is 0.200. The smallest absolute Gasteiger partial charge is 0.130 e. The van der Waals surface area contributed by atoms with E-state index in [1.807, 2.05) is 31.2 Å². The van der Waals surface area contributed by atoms with E-state index in [-0.39, 0.29) is 6.04 Å². The molecule has 0 heterocycles. The summed E-state index contributed by atoms with van der Waals surface area (Å²) in [5, 5.41) is 0. The van der Waals surface area contributed by atoms with Gasteiger partial charge in [0.15, 0.2) is 0 Å². The van der Waals surface area contributed by atoms with Crippen LogP contribution >= 0.6 is 0 Å². The van der Waals surface area contributed by atoms with E-state index < -0.39 is 11.6 Å². The maximum atomic E-state index is 13.8. The topological polar surface area (TPSA) is 38.0 Å². The predicted molar refractivity (Wildman–Crippen MR) is 71.3 cm³/mol. The summed E-state index contributed by atoms with van der Waals surface area (Å²) in [6, 6.07) is 11.0. The number of hydrogen-bond donors (Lipinski definition) is 2. The molecule has 4 heteroatoms. The summed E-state index contributed by atoms with van der Waals surface area (Å²) in [5.74, 6) is 4.32. The summed E-state index contributed by atoms with van der Waals surface area (Å²) in [5.41, 5.74) is 5.15. The van der Waals surface area contributed by atoms with Crippen molar-refractivity contribution in [2.24, 2.45) is 5.84 Å². The lowest BCUT2D eigenvalue weighted by molar-refractivity contribution is 0.502. The highest BCUT2D eigenvalue weighted by Crippen LogP contribution is 2.22. The maximum Gasteiger partial charge on any atom is 0.130 e. The van der Waals surface area contributed by atoms with Crippen molar-refractivity contribution in [2.45, 2.75) is 19.4 Å². The third kappa shape index (κ3) is 3.16. The van der Waals surface area contributed by atoms with Crippen molar-refractivity contribution in [1.29, 1.82) is 0 Å². The predicted octanol–water partition coefficient (Wildman–Crippen LogP) is 3.02. The van der Waals surface area contributed by atoms with Crippen molar-refractivity contribution in [2.75, 3.05) is 0 Å². The fourth-order valence-electron chi connectivity index (χ4n) is 2.10. The van der Waals surface area contributed by atoms with Gasteiger partial charge in [-0.1, -0.05) is 30.3 Å². The molecule has 1 unspecified atom stereocenters. The van der Waals surface area contributed by atoms with Crippen molar-refractivity contribution in [1.82, 2.24) is 5.43 Å². The first-order valence-electron chi connectivity index (χ1n) is 6.07. The van der Waals surface area contributed by atoms with Crippen LogP contribution in [0.2, 0.25) is 0 Å². The third-order valence-corrected chi connectivity index (χ3v) is 3.22. The molecule has 0 radical (unpaired) electrons. The monoisotopic (exact) mass is 262 g/mol. The van der Waals surface area contributed by atoms with Crippen LogP contribution in [0, 0.1) is 18.6 Å². The summed E-state index contributed by atoms with van der Waals surface area (Å²) in [6.45, 7) is 1.99. The Labute approximate surface area is 111 Å². The van der Waals surface area contributed by atoms with E-state index in [4.69, 9.17) is 5.84 Å². The van der Waals surface area contributed by atoms with Crippen LogP contribution in [0.3, 0.4) is 0 Å². The molecule has 0 amide bonds. The van der Waals surface area contributed by atoms with Crippen molar-refractivity contribution in [3.05, 3.63) is 70.8 Å². The van der Waals surface area contributed by atoms with E-state index in [0.717, 1.165) is 17.2 Å². The molecular weight excluding hydrogens is 246 g/mol. The van der Waals surface area contributed by atoms with Gasteiger partial charge in [0, 0.05) is 11.6 Å². The van der Waals surface area contributed by atoms with Gasteiger partial charge < -0.3 is 0 Å². The molecule has 2 rings (SSSR count). The number of benzene rings is 2. The van der Waals surface area contributed by atoms with Crippen molar-refractivity contribution < 1.29 is 8.78 Å². The van der Waals surface area contributed by atoms with Crippen LogP contribution in [-0.4, -0.2) is 0 Å².